The van der Waals surface area contributed by atoms with E-state index >= 15 is 0 Å². The normalized spacial score (nSPS) is 16.2. The van der Waals surface area contributed by atoms with E-state index in [2.05, 4.69) is 10.1 Å². The summed E-state index contributed by atoms with van der Waals surface area (Å²) in [6, 6.07) is 10.4. The van der Waals surface area contributed by atoms with Gasteiger partial charge in [-0.25, -0.2) is 18.4 Å². The molecule has 7 heteroatoms. The van der Waals surface area contributed by atoms with Crippen LogP contribution in [0.2, 0.25) is 0 Å². The van der Waals surface area contributed by atoms with Gasteiger partial charge in [0.15, 0.2) is 0 Å². The molecule has 0 bridgehead atoms. The quantitative estimate of drug-likeness (QED) is 0.745. The van der Waals surface area contributed by atoms with Crippen LogP contribution in [0.1, 0.15) is 18.1 Å². The molecule has 0 spiro atoms. The van der Waals surface area contributed by atoms with Crippen molar-refractivity contribution in [3.8, 4) is 0 Å². The average molecular weight is 345 g/mol. The van der Waals surface area contributed by atoms with E-state index in [1.165, 1.54) is 72.8 Å². The fourth-order valence-electron chi connectivity index (χ4n) is 2.81. The van der Waals surface area contributed by atoms with E-state index in [1.54, 1.807) is 0 Å². The first-order valence-electron chi connectivity index (χ1n) is 7.62. The monoisotopic (exact) mass is 345 g/mol. The van der Waals surface area contributed by atoms with Gasteiger partial charge >= 0.3 is 0 Å². The van der Waals surface area contributed by atoms with Crippen LogP contribution in [0.5, 0.6) is 0 Å². The Bertz CT molecular complexity index is 834. The van der Waals surface area contributed by atoms with Crippen molar-refractivity contribution in [1.29, 1.82) is 0 Å². The molecular weight excluding hydrogens is 328 g/mol. The van der Waals surface area contributed by atoms with Crippen molar-refractivity contribution in [3.63, 3.8) is 0 Å². The number of halogens is 2. The van der Waals surface area contributed by atoms with E-state index in [4.69, 9.17) is 0 Å². The lowest BCUT2D eigenvalue weighted by Gasteiger charge is -2.42. The molecular formula is C18H17F2N3O2. The molecule has 0 aliphatic heterocycles. The summed E-state index contributed by atoms with van der Waals surface area (Å²) >= 11 is 0. The van der Waals surface area contributed by atoms with Crippen LogP contribution in [0.15, 0.2) is 61.2 Å². The van der Waals surface area contributed by atoms with E-state index in [9.17, 15) is 19.0 Å². The second kappa shape index (κ2) is 6.34. The highest BCUT2D eigenvalue weighted by Gasteiger charge is 2.49. The van der Waals surface area contributed by atoms with Gasteiger partial charge in [0.1, 0.15) is 35.5 Å². The van der Waals surface area contributed by atoms with E-state index in [1.807, 2.05) is 0 Å². The highest BCUT2D eigenvalue weighted by molar-refractivity contribution is 5.33. The summed E-state index contributed by atoms with van der Waals surface area (Å²) in [5, 5.41) is 26.6. The van der Waals surface area contributed by atoms with Crippen molar-refractivity contribution in [2.24, 2.45) is 0 Å². The number of nitrogens with zero attached hydrogens (tertiary/aromatic N) is 3. The number of hydrogen-bond donors (Lipinski definition) is 2. The number of benzene rings is 2. The minimum atomic E-state index is -1.87. The van der Waals surface area contributed by atoms with Crippen molar-refractivity contribution in [3.05, 3.63) is 83.9 Å². The first-order valence-corrected chi connectivity index (χ1v) is 7.62. The fourth-order valence-corrected chi connectivity index (χ4v) is 2.81. The van der Waals surface area contributed by atoms with Crippen LogP contribution in [0, 0.1) is 11.6 Å². The van der Waals surface area contributed by atoms with Crippen molar-refractivity contribution in [2.45, 2.75) is 24.7 Å². The first kappa shape index (κ1) is 17.2. The Balaban J connectivity index is 2.12. The molecule has 130 valence electrons. The molecule has 0 unspecified atom stereocenters. The first-order chi connectivity index (χ1) is 11.8. The van der Waals surface area contributed by atoms with Crippen molar-refractivity contribution >= 4 is 0 Å². The Hall–Kier alpha value is -2.64. The molecule has 0 amide bonds. The molecule has 2 N–H and O–H groups in total. The SMILES string of the molecule is C[C@@](O)(c1ccc(F)cc1)[C@](O)(Cn1cncn1)c1ccc(F)cc1. The van der Waals surface area contributed by atoms with Crippen LogP contribution in [0.3, 0.4) is 0 Å². The van der Waals surface area contributed by atoms with Gasteiger partial charge in [-0.2, -0.15) is 5.10 Å². The molecule has 0 saturated heterocycles. The third-order valence-corrected chi connectivity index (χ3v) is 4.39. The maximum atomic E-state index is 13.3. The molecule has 2 atom stereocenters. The van der Waals surface area contributed by atoms with Gasteiger partial charge in [0.2, 0.25) is 0 Å². The maximum Gasteiger partial charge on any atom is 0.142 e. The van der Waals surface area contributed by atoms with Crippen LogP contribution < -0.4 is 0 Å². The standard InChI is InChI=1S/C18H17F2N3O2/c1-17(24,13-2-6-15(19)7-3-13)18(25,10-23-12-21-11-22-23)14-4-8-16(20)9-5-14/h2-9,11-12,24-25H,10H2,1H3/t17-,18+/m1/s1. The predicted octanol–water partition coefficient (Wildman–Crippen LogP) is 2.35. The zero-order valence-corrected chi connectivity index (χ0v) is 13.5. The van der Waals surface area contributed by atoms with Gasteiger partial charge in [0, 0.05) is 0 Å². The summed E-state index contributed by atoms with van der Waals surface area (Å²) in [6.07, 6.45) is 2.70. The molecule has 25 heavy (non-hydrogen) atoms. The van der Waals surface area contributed by atoms with E-state index in [0.29, 0.717) is 11.1 Å². The molecule has 1 aromatic heterocycles. The van der Waals surface area contributed by atoms with Crippen LogP contribution in [-0.4, -0.2) is 25.0 Å². The highest BCUT2D eigenvalue weighted by atomic mass is 19.1. The summed E-state index contributed by atoms with van der Waals surface area (Å²) in [6.45, 7) is 1.28. The molecule has 2 aromatic carbocycles. The summed E-state index contributed by atoms with van der Waals surface area (Å²) in [5.74, 6) is -0.922. The van der Waals surface area contributed by atoms with Crippen molar-refractivity contribution in [2.75, 3.05) is 0 Å². The van der Waals surface area contributed by atoms with Gasteiger partial charge in [0.05, 0.1) is 6.54 Å². The largest absolute Gasteiger partial charge is 0.382 e. The number of rotatable bonds is 5. The molecule has 0 aliphatic rings. The maximum absolute atomic E-state index is 13.3. The minimum absolute atomic E-state index is 0.136. The van der Waals surface area contributed by atoms with E-state index in [-0.39, 0.29) is 6.54 Å². The Morgan fingerprint density at radius 2 is 1.44 bits per heavy atom. The third kappa shape index (κ3) is 3.16. The van der Waals surface area contributed by atoms with Gasteiger partial charge in [0.25, 0.3) is 0 Å². The molecule has 1 heterocycles. The summed E-state index contributed by atoms with van der Waals surface area (Å²) < 4.78 is 27.9. The molecule has 0 saturated carbocycles. The van der Waals surface area contributed by atoms with Crippen LogP contribution in [-0.2, 0) is 17.7 Å². The van der Waals surface area contributed by atoms with Gasteiger partial charge in [-0.05, 0) is 42.3 Å². The zero-order valence-electron chi connectivity index (χ0n) is 13.5. The van der Waals surface area contributed by atoms with E-state index < -0.39 is 22.8 Å². The molecule has 0 aliphatic carbocycles. The molecule has 0 radical (unpaired) electrons. The smallest absolute Gasteiger partial charge is 0.142 e. The Morgan fingerprint density at radius 3 is 1.92 bits per heavy atom. The predicted molar refractivity (Wildman–Crippen MR) is 86.3 cm³/mol. The summed E-state index contributed by atoms with van der Waals surface area (Å²) in [4.78, 5) is 3.83. The summed E-state index contributed by atoms with van der Waals surface area (Å²) in [7, 11) is 0. The summed E-state index contributed by atoms with van der Waals surface area (Å²) in [5.41, 5.74) is -3.09. The Morgan fingerprint density at radius 1 is 0.920 bits per heavy atom. The fraction of sp³-hybridized carbons (Fsp3) is 0.222. The lowest BCUT2D eigenvalue weighted by molar-refractivity contribution is -0.164. The Kier molecular flexibility index (Phi) is 4.36. The number of hydrogen-bond acceptors (Lipinski definition) is 4. The van der Waals surface area contributed by atoms with Crippen molar-refractivity contribution < 1.29 is 19.0 Å². The van der Waals surface area contributed by atoms with Gasteiger partial charge < -0.3 is 10.2 Å². The third-order valence-electron chi connectivity index (χ3n) is 4.39. The Labute approximate surface area is 143 Å². The lowest BCUT2D eigenvalue weighted by Crippen LogP contribution is -2.50. The minimum Gasteiger partial charge on any atom is -0.382 e. The molecule has 3 aromatic rings. The second-order valence-corrected chi connectivity index (χ2v) is 6.04. The van der Waals surface area contributed by atoms with Gasteiger partial charge in [-0.1, -0.05) is 24.3 Å². The second-order valence-electron chi connectivity index (χ2n) is 6.04. The van der Waals surface area contributed by atoms with E-state index in [0.717, 1.165) is 0 Å². The van der Waals surface area contributed by atoms with Crippen LogP contribution in [0.4, 0.5) is 8.78 Å². The van der Waals surface area contributed by atoms with Gasteiger partial charge in [-0.3, -0.25) is 0 Å². The zero-order chi connectivity index (χ0) is 18.1. The van der Waals surface area contributed by atoms with Gasteiger partial charge in [-0.15, -0.1) is 0 Å². The number of aliphatic hydroxyl groups is 2. The molecule has 3 rings (SSSR count). The lowest BCUT2D eigenvalue weighted by atomic mass is 9.74. The molecule has 0 fully saturated rings. The van der Waals surface area contributed by atoms with Crippen molar-refractivity contribution in [1.82, 2.24) is 14.8 Å². The average Bonchev–Trinajstić information content (AvgIpc) is 3.08. The van der Waals surface area contributed by atoms with Crippen LogP contribution in [0.25, 0.3) is 0 Å². The molecule has 5 nitrogen and oxygen atoms in total. The van der Waals surface area contributed by atoms with Crippen LogP contribution >= 0.6 is 0 Å². The highest BCUT2D eigenvalue weighted by Crippen LogP contribution is 2.41. The topological polar surface area (TPSA) is 71.2 Å². The number of aromatic nitrogens is 3.